The van der Waals surface area contributed by atoms with Crippen molar-refractivity contribution in [3.05, 3.63) is 12.2 Å². The van der Waals surface area contributed by atoms with Crippen LogP contribution in [0.25, 0.3) is 0 Å². The van der Waals surface area contributed by atoms with E-state index in [9.17, 15) is 25.2 Å². The number of esters is 1. The van der Waals surface area contributed by atoms with E-state index in [2.05, 4.69) is 6.58 Å². The minimum absolute atomic E-state index is 0.177. The molecule has 0 amide bonds. The SMILES string of the molecule is C=C1C(CC)OC(=O)C(C)C(O[C@H]2C[C@@](C)(OC)[C@@H](O)C(C)O2)C(C)[C@@H](OC2OC(C)CC(N(C)C)[C@H]2O)C(C)C[C@@H](C)[C@H](O)[C@H](C)[C@H]1O. The zero-order valence-electron chi connectivity index (χ0n) is 31.9. The van der Waals surface area contributed by atoms with Gasteiger partial charge in [0.05, 0.1) is 48.1 Å². The third-order valence-electron chi connectivity index (χ3n) is 11.6. The van der Waals surface area contributed by atoms with Crippen molar-refractivity contribution in [2.24, 2.45) is 29.6 Å². The first kappa shape index (κ1) is 42.2. The van der Waals surface area contributed by atoms with Crippen LogP contribution in [0.4, 0.5) is 0 Å². The zero-order valence-corrected chi connectivity index (χ0v) is 31.9. The Bertz CT molecular complexity index is 1080. The number of aliphatic hydroxyl groups excluding tert-OH is 4. The van der Waals surface area contributed by atoms with E-state index < -0.39 is 90.7 Å². The summed E-state index contributed by atoms with van der Waals surface area (Å²) in [4.78, 5) is 16.0. The van der Waals surface area contributed by atoms with Gasteiger partial charge in [-0.25, -0.2) is 0 Å². The Balaban J connectivity index is 2.10. The first-order valence-corrected chi connectivity index (χ1v) is 18.2. The number of aliphatic hydroxyl groups is 4. The van der Waals surface area contributed by atoms with Crippen LogP contribution in [0.1, 0.15) is 88.0 Å². The van der Waals surface area contributed by atoms with Crippen LogP contribution in [-0.4, -0.2) is 132 Å². The molecule has 0 bridgehead atoms. The van der Waals surface area contributed by atoms with Gasteiger partial charge >= 0.3 is 5.97 Å². The highest BCUT2D eigenvalue weighted by Crippen LogP contribution is 2.39. The van der Waals surface area contributed by atoms with Gasteiger partial charge in [0.25, 0.3) is 0 Å². The summed E-state index contributed by atoms with van der Waals surface area (Å²) in [5.74, 6) is -2.92. The summed E-state index contributed by atoms with van der Waals surface area (Å²) in [5, 5.41) is 45.1. The second kappa shape index (κ2) is 17.6. The molecule has 3 heterocycles. The molecular weight excluding hydrogens is 634 g/mol. The van der Waals surface area contributed by atoms with Crippen molar-refractivity contribution in [3.8, 4) is 0 Å². The molecule has 0 aromatic heterocycles. The monoisotopic (exact) mass is 701 g/mol. The van der Waals surface area contributed by atoms with Crippen molar-refractivity contribution < 1.29 is 53.6 Å². The summed E-state index contributed by atoms with van der Waals surface area (Å²) in [5.41, 5.74) is -0.623. The normalized spacial score (nSPS) is 48.2. The van der Waals surface area contributed by atoms with E-state index in [1.807, 2.05) is 53.6 Å². The number of methoxy groups -OCH3 is 1. The fraction of sp³-hybridized carbons (Fsp3) is 0.919. The molecule has 0 aromatic rings. The summed E-state index contributed by atoms with van der Waals surface area (Å²) < 4.78 is 37.6. The maximum Gasteiger partial charge on any atom is 0.311 e. The average Bonchev–Trinajstić information content (AvgIpc) is 3.05. The number of likely N-dealkylation sites (N-methyl/N-ethyl adjacent to an activating group) is 1. The molecule has 3 aliphatic rings. The largest absolute Gasteiger partial charge is 0.457 e. The van der Waals surface area contributed by atoms with E-state index in [0.717, 1.165) is 0 Å². The fourth-order valence-electron chi connectivity index (χ4n) is 8.14. The Hall–Kier alpha value is -1.19. The standard InChI is InChI=1S/C37H67NO11/c1-14-27-21(5)30(40)22(6)29(39)18(2)15-19(3)32(49-36-31(41)26(38(11)12)16-20(4)45-36)23(7)33(24(8)35(43)47-27)48-28-17-37(10,44-13)34(42)25(9)46-28/h18-20,22-34,36,39-42H,5,14-17H2,1-4,6-13H3/t18-,19?,20?,22+,23?,24?,25?,26?,27?,28+,29+,30+,31-,32+,33?,34+,36?,37-/m1/s1. The third kappa shape index (κ3) is 9.63. The molecule has 0 saturated carbocycles. The van der Waals surface area contributed by atoms with E-state index in [1.165, 1.54) is 7.11 Å². The molecule has 9 unspecified atom stereocenters. The maximum absolute atomic E-state index is 14.0. The predicted octanol–water partition coefficient (Wildman–Crippen LogP) is 3.27. The summed E-state index contributed by atoms with van der Waals surface area (Å²) in [6, 6.07) is -0.198. The van der Waals surface area contributed by atoms with Gasteiger partial charge in [0, 0.05) is 31.4 Å². The molecular formula is C37H67NO11. The molecule has 0 radical (unpaired) electrons. The summed E-state index contributed by atoms with van der Waals surface area (Å²) in [7, 11) is 5.37. The number of hydrogen-bond donors (Lipinski definition) is 4. The second-order valence-electron chi connectivity index (χ2n) is 15.8. The van der Waals surface area contributed by atoms with Gasteiger partial charge in [-0.2, -0.15) is 0 Å². The molecule has 4 N–H and O–H groups in total. The van der Waals surface area contributed by atoms with Crippen LogP contribution in [0.5, 0.6) is 0 Å². The van der Waals surface area contributed by atoms with Gasteiger partial charge < -0.3 is 53.7 Å². The van der Waals surface area contributed by atoms with Crippen molar-refractivity contribution in [2.75, 3.05) is 21.2 Å². The van der Waals surface area contributed by atoms with Gasteiger partial charge in [-0.05, 0) is 78.5 Å². The Morgan fingerprint density at radius 1 is 0.898 bits per heavy atom. The van der Waals surface area contributed by atoms with Gasteiger partial charge in [-0.1, -0.05) is 41.2 Å². The van der Waals surface area contributed by atoms with Crippen molar-refractivity contribution in [3.63, 3.8) is 0 Å². The van der Waals surface area contributed by atoms with Crippen molar-refractivity contribution in [1.82, 2.24) is 4.90 Å². The molecule has 0 aromatic carbocycles. The average molecular weight is 702 g/mol. The number of rotatable bonds is 7. The van der Waals surface area contributed by atoms with Crippen LogP contribution in [0.15, 0.2) is 12.2 Å². The second-order valence-corrected chi connectivity index (χ2v) is 15.8. The highest BCUT2D eigenvalue weighted by Gasteiger charge is 2.49. The van der Waals surface area contributed by atoms with Crippen LogP contribution in [-0.2, 0) is 33.2 Å². The lowest BCUT2D eigenvalue weighted by molar-refractivity contribution is -0.309. The Kier molecular flexibility index (Phi) is 15.1. The number of nitrogens with zero attached hydrogens (tertiary/aromatic N) is 1. The third-order valence-corrected chi connectivity index (χ3v) is 11.6. The quantitative estimate of drug-likeness (QED) is 0.227. The summed E-state index contributed by atoms with van der Waals surface area (Å²) in [6.45, 7) is 20.9. The van der Waals surface area contributed by atoms with E-state index in [1.54, 1.807) is 27.7 Å². The molecule has 3 rings (SSSR count). The molecule has 3 fully saturated rings. The minimum atomic E-state index is -1.10. The van der Waals surface area contributed by atoms with Gasteiger partial charge in [0.15, 0.2) is 12.6 Å². The molecule has 286 valence electrons. The lowest BCUT2D eigenvalue weighted by atomic mass is 9.77. The molecule has 3 saturated heterocycles. The van der Waals surface area contributed by atoms with Crippen molar-refractivity contribution in [1.29, 1.82) is 0 Å². The van der Waals surface area contributed by atoms with Crippen LogP contribution >= 0.6 is 0 Å². The highest BCUT2D eigenvalue weighted by atomic mass is 16.7. The molecule has 0 spiro atoms. The topological polar surface area (TPSA) is 157 Å². The minimum Gasteiger partial charge on any atom is -0.457 e. The predicted molar refractivity (Wildman–Crippen MR) is 184 cm³/mol. The first-order valence-electron chi connectivity index (χ1n) is 18.2. The Morgan fingerprint density at radius 2 is 1.53 bits per heavy atom. The molecule has 49 heavy (non-hydrogen) atoms. The maximum atomic E-state index is 14.0. The molecule has 12 nitrogen and oxygen atoms in total. The lowest BCUT2D eigenvalue weighted by Crippen LogP contribution is -2.58. The summed E-state index contributed by atoms with van der Waals surface area (Å²) >= 11 is 0. The first-order chi connectivity index (χ1) is 22.8. The van der Waals surface area contributed by atoms with Gasteiger partial charge in [-0.15, -0.1) is 0 Å². The van der Waals surface area contributed by atoms with E-state index >= 15 is 0 Å². The van der Waals surface area contributed by atoms with E-state index in [0.29, 0.717) is 24.8 Å². The Morgan fingerprint density at radius 3 is 2.10 bits per heavy atom. The van der Waals surface area contributed by atoms with Crippen LogP contribution in [0.3, 0.4) is 0 Å². The molecule has 0 aliphatic carbocycles. The number of carbonyl (C=O) groups excluding carboxylic acids is 1. The zero-order chi connectivity index (χ0) is 37.1. The number of ether oxygens (including phenoxy) is 6. The van der Waals surface area contributed by atoms with Gasteiger partial charge in [0.1, 0.15) is 18.3 Å². The van der Waals surface area contributed by atoms with Gasteiger partial charge in [-0.3, -0.25) is 4.79 Å². The fourth-order valence-corrected chi connectivity index (χ4v) is 8.14. The van der Waals surface area contributed by atoms with Crippen molar-refractivity contribution >= 4 is 5.97 Å². The lowest BCUT2D eigenvalue weighted by Gasteiger charge is -2.47. The van der Waals surface area contributed by atoms with Crippen LogP contribution < -0.4 is 0 Å². The highest BCUT2D eigenvalue weighted by molar-refractivity contribution is 5.73. The summed E-state index contributed by atoms with van der Waals surface area (Å²) in [6.07, 6.45) is -6.93. The van der Waals surface area contributed by atoms with Crippen LogP contribution in [0.2, 0.25) is 0 Å². The van der Waals surface area contributed by atoms with Gasteiger partial charge in [0.2, 0.25) is 0 Å². The molecule has 3 aliphatic heterocycles. The van der Waals surface area contributed by atoms with Crippen molar-refractivity contribution in [2.45, 2.75) is 167 Å². The molecule has 18 atom stereocenters. The number of hydrogen-bond acceptors (Lipinski definition) is 12. The smallest absolute Gasteiger partial charge is 0.311 e. The Labute approximate surface area is 294 Å². The number of carbonyl (C=O) groups is 1. The molecule has 12 heteroatoms. The van der Waals surface area contributed by atoms with E-state index in [4.69, 9.17) is 28.4 Å². The number of cyclic esters (lactones) is 1. The van der Waals surface area contributed by atoms with Crippen LogP contribution in [0, 0.1) is 29.6 Å². The van der Waals surface area contributed by atoms with E-state index in [-0.39, 0.29) is 30.4 Å².